The summed E-state index contributed by atoms with van der Waals surface area (Å²) in [6.07, 6.45) is 12.9. The van der Waals surface area contributed by atoms with E-state index in [0.29, 0.717) is 12.0 Å². The summed E-state index contributed by atoms with van der Waals surface area (Å²) in [6, 6.07) is 10.9. The van der Waals surface area contributed by atoms with Gasteiger partial charge in [-0.25, -0.2) is 9.97 Å². The molecule has 1 unspecified atom stereocenters. The molecule has 1 aromatic carbocycles. The van der Waals surface area contributed by atoms with Gasteiger partial charge < -0.3 is 20.4 Å². The third-order valence-electron chi connectivity index (χ3n) is 7.77. The highest BCUT2D eigenvalue weighted by molar-refractivity contribution is 5.92. The molecule has 34 heavy (non-hydrogen) atoms. The number of anilines is 3. The number of piperidine rings is 2. The Morgan fingerprint density at radius 3 is 2.35 bits per heavy atom. The van der Waals surface area contributed by atoms with Gasteiger partial charge in [-0.1, -0.05) is 12.8 Å². The van der Waals surface area contributed by atoms with Crippen molar-refractivity contribution in [2.45, 2.75) is 57.4 Å². The van der Waals surface area contributed by atoms with Gasteiger partial charge in [0.05, 0.1) is 0 Å². The molecule has 1 saturated carbocycles. The third-order valence-corrected chi connectivity index (χ3v) is 7.77. The summed E-state index contributed by atoms with van der Waals surface area (Å²) in [5, 5.41) is 6.95. The molecule has 7 nitrogen and oxygen atoms in total. The van der Waals surface area contributed by atoms with Crippen LogP contribution in [0, 0.1) is 11.8 Å². The molecule has 3 aliphatic rings. The largest absolute Gasteiger partial charge is 0.371 e. The minimum atomic E-state index is 0.189. The van der Waals surface area contributed by atoms with Gasteiger partial charge in [0.2, 0.25) is 11.9 Å². The minimum absolute atomic E-state index is 0.189. The first-order chi connectivity index (χ1) is 16.7. The number of hydrogen-bond donors (Lipinski definition) is 2. The molecule has 0 bridgehead atoms. The van der Waals surface area contributed by atoms with E-state index in [-0.39, 0.29) is 11.8 Å². The number of amides is 1. The van der Waals surface area contributed by atoms with Gasteiger partial charge in [-0.2, -0.15) is 0 Å². The van der Waals surface area contributed by atoms with E-state index in [2.05, 4.69) is 54.7 Å². The zero-order chi connectivity index (χ0) is 23.2. The van der Waals surface area contributed by atoms with Crippen molar-refractivity contribution in [2.75, 3.05) is 47.8 Å². The van der Waals surface area contributed by atoms with Crippen LogP contribution in [-0.4, -0.2) is 54.6 Å². The second kappa shape index (κ2) is 11.2. The Kier molecular flexibility index (Phi) is 7.59. The molecule has 0 spiro atoms. The van der Waals surface area contributed by atoms with Crippen LogP contribution in [0.3, 0.4) is 0 Å². The van der Waals surface area contributed by atoms with Crippen molar-refractivity contribution in [1.29, 1.82) is 0 Å². The van der Waals surface area contributed by atoms with Crippen molar-refractivity contribution in [3.05, 3.63) is 42.7 Å². The maximum atomic E-state index is 12.4. The summed E-state index contributed by atoms with van der Waals surface area (Å²) in [6.45, 7) is 5.31. The average Bonchev–Trinajstić information content (AvgIpc) is 3.45. The first-order valence-corrected chi connectivity index (χ1v) is 13.2. The van der Waals surface area contributed by atoms with Crippen molar-refractivity contribution < 1.29 is 4.79 Å². The minimum Gasteiger partial charge on any atom is -0.371 e. The SMILES string of the molecule is O=C(Nc1ccc(N2CCC(NCC3CCCN(c4ncccn4)C3)CC2)cc1)C1CCCC1. The van der Waals surface area contributed by atoms with Crippen LogP contribution in [0.4, 0.5) is 17.3 Å². The summed E-state index contributed by atoms with van der Waals surface area (Å²) in [7, 11) is 0. The summed E-state index contributed by atoms with van der Waals surface area (Å²) in [5.74, 6) is 1.91. The topological polar surface area (TPSA) is 73.4 Å². The quantitative estimate of drug-likeness (QED) is 0.646. The molecule has 2 N–H and O–H groups in total. The molecule has 1 aliphatic carbocycles. The molecule has 7 heteroatoms. The first-order valence-electron chi connectivity index (χ1n) is 13.2. The van der Waals surface area contributed by atoms with E-state index in [9.17, 15) is 4.79 Å². The lowest BCUT2D eigenvalue weighted by atomic mass is 9.96. The van der Waals surface area contributed by atoms with Crippen LogP contribution < -0.4 is 20.4 Å². The van der Waals surface area contributed by atoms with Crippen molar-refractivity contribution in [2.24, 2.45) is 11.8 Å². The molecule has 1 aromatic heterocycles. The van der Waals surface area contributed by atoms with Gasteiger partial charge in [0.1, 0.15) is 0 Å². The van der Waals surface area contributed by atoms with E-state index < -0.39 is 0 Å². The molecule has 1 atom stereocenters. The normalized spacial score (nSPS) is 22.2. The Morgan fingerprint density at radius 2 is 1.62 bits per heavy atom. The Labute approximate surface area is 203 Å². The molecule has 3 fully saturated rings. The fourth-order valence-electron chi connectivity index (χ4n) is 5.73. The lowest BCUT2D eigenvalue weighted by Gasteiger charge is -2.36. The van der Waals surface area contributed by atoms with Crippen molar-refractivity contribution in [3.63, 3.8) is 0 Å². The van der Waals surface area contributed by atoms with E-state index >= 15 is 0 Å². The number of rotatable bonds is 7. The second-order valence-corrected chi connectivity index (χ2v) is 10.2. The Balaban J connectivity index is 1.04. The van der Waals surface area contributed by atoms with Gasteiger partial charge in [-0.3, -0.25) is 4.79 Å². The van der Waals surface area contributed by atoms with Gasteiger partial charge >= 0.3 is 0 Å². The smallest absolute Gasteiger partial charge is 0.227 e. The fourth-order valence-corrected chi connectivity index (χ4v) is 5.73. The number of hydrogen-bond acceptors (Lipinski definition) is 6. The number of aromatic nitrogens is 2. The van der Waals surface area contributed by atoms with Crippen LogP contribution in [0.2, 0.25) is 0 Å². The predicted octanol–water partition coefficient (Wildman–Crippen LogP) is 4.08. The van der Waals surface area contributed by atoms with Gasteiger partial charge in [-0.05, 0) is 81.3 Å². The average molecular weight is 463 g/mol. The predicted molar refractivity (Wildman–Crippen MR) is 137 cm³/mol. The molecule has 5 rings (SSSR count). The van der Waals surface area contributed by atoms with Crippen LogP contribution in [-0.2, 0) is 4.79 Å². The molecule has 1 amide bonds. The summed E-state index contributed by atoms with van der Waals surface area (Å²) in [5.41, 5.74) is 2.17. The Hall–Kier alpha value is -2.67. The van der Waals surface area contributed by atoms with Crippen LogP contribution in [0.1, 0.15) is 51.4 Å². The monoisotopic (exact) mass is 462 g/mol. The summed E-state index contributed by atoms with van der Waals surface area (Å²) < 4.78 is 0. The number of carbonyl (C=O) groups excluding carboxylic acids is 1. The molecule has 0 radical (unpaired) electrons. The van der Waals surface area contributed by atoms with Crippen molar-refractivity contribution >= 4 is 23.2 Å². The van der Waals surface area contributed by atoms with E-state index in [1.807, 2.05) is 18.5 Å². The molecular weight excluding hydrogens is 424 g/mol. The number of benzene rings is 1. The van der Waals surface area contributed by atoms with Gasteiger partial charge in [0.25, 0.3) is 0 Å². The zero-order valence-electron chi connectivity index (χ0n) is 20.2. The highest BCUT2D eigenvalue weighted by Gasteiger charge is 2.25. The van der Waals surface area contributed by atoms with Gasteiger partial charge in [0.15, 0.2) is 0 Å². The Bertz CT molecular complexity index is 906. The van der Waals surface area contributed by atoms with Crippen LogP contribution in [0.5, 0.6) is 0 Å². The van der Waals surface area contributed by atoms with E-state index in [1.54, 1.807) is 0 Å². The molecule has 2 aromatic rings. The first kappa shape index (κ1) is 23.1. The summed E-state index contributed by atoms with van der Waals surface area (Å²) in [4.78, 5) is 26.0. The fraction of sp³-hybridized carbons (Fsp3) is 0.593. The molecule has 2 aliphatic heterocycles. The van der Waals surface area contributed by atoms with E-state index in [0.717, 1.165) is 57.2 Å². The second-order valence-electron chi connectivity index (χ2n) is 10.2. The highest BCUT2D eigenvalue weighted by atomic mass is 16.1. The van der Waals surface area contributed by atoms with Crippen LogP contribution in [0.25, 0.3) is 0 Å². The lowest BCUT2D eigenvalue weighted by molar-refractivity contribution is -0.119. The van der Waals surface area contributed by atoms with Crippen molar-refractivity contribution in [1.82, 2.24) is 15.3 Å². The molecule has 3 heterocycles. The standard InChI is InChI=1S/C27H38N6O/c34-26(22-6-1-2-7-22)31-24-8-10-25(11-9-24)32-17-12-23(13-18-32)30-19-21-5-3-16-33(20-21)27-28-14-4-15-29-27/h4,8-11,14-15,21-23,30H,1-3,5-7,12-13,16-20H2,(H,31,34). The zero-order valence-corrected chi connectivity index (χ0v) is 20.2. The van der Waals surface area contributed by atoms with Gasteiger partial charge in [-0.15, -0.1) is 0 Å². The van der Waals surface area contributed by atoms with Crippen LogP contribution >= 0.6 is 0 Å². The van der Waals surface area contributed by atoms with E-state index in [4.69, 9.17) is 0 Å². The maximum Gasteiger partial charge on any atom is 0.227 e. The maximum absolute atomic E-state index is 12.4. The number of nitrogens with one attached hydrogen (secondary N) is 2. The molecule has 2 saturated heterocycles. The van der Waals surface area contributed by atoms with Crippen molar-refractivity contribution in [3.8, 4) is 0 Å². The number of nitrogens with zero attached hydrogens (tertiary/aromatic N) is 4. The Morgan fingerprint density at radius 1 is 0.882 bits per heavy atom. The number of carbonyl (C=O) groups is 1. The summed E-state index contributed by atoms with van der Waals surface area (Å²) >= 11 is 0. The van der Waals surface area contributed by atoms with Gasteiger partial charge in [0, 0.05) is 61.9 Å². The molecular formula is C27H38N6O. The van der Waals surface area contributed by atoms with Crippen LogP contribution in [0.15, 0.2) is 42.7 Å². The molecule has 182 valence electrons. The highest BCUT2D eigenvalue weighted by Crippen LogP contribution is 2.27. The lowest BCUT2D eigenvalue weighted by Crippen LogP contribution is -2.46. The third kappa shape index (κ3) is 5.87. The van der Waals surface area contributed by atoms with E-state index in [1.165, 1.54) is 44.2 Å².